The fraction of sp³-hybridized carbons (Fsp3) is 0.579. The number of rotatable bonds is 5. The maximum Gasteiger partial charge on any atom is 0.251 e. The number of halogens is 2. The van der Waals surface area contributed by atoms with Gasteiger partial charge >= 0.3 is 0 Å². The first-order valence-corrected chi connectivity index (χ1v) is 9.05. The quantitative estimate of drug-likeness (QED) is 0.731. The molecule has 3 atom stereocenters. The van der Waals surface area contributed by atoms with Gasteiger partial charge in [0.1, 0.15) is 11.9 Å². The van der Waals surface area contributed by atoms with Crippen molar-refractivity contribution in [1.29, 1.82) is 0 Å². The van der Waals surface area contributed by atoms with Crippen LogP contribution >= 0.6 is 12.4 Å². The molecule has 3 unspecified atom stereocenters. The molecule has 26 heavy (non-hydrogen) atoms. The van der Waals surface area contributed by atoms with E-state index < -0.39 is 11.9 Å². The van der Waals surface area contributed by atoms with Crippen LogP contribution in [0.3, 0.4) is 0 Å². The Morgan fingerprint density at radius 1 is 1.12 bits per heavy atom. The minimum Gasteiger partial charge on any atom is -0.351 e. The van der Waals surface area contributed by atoms with E-state index in [4.69, 9.17) is 0 Å². The first kappa shape index (κ1) is 20.6. The lowest BCUT2D eigenvalue weighted by Crippen LogP contribution is -2.55. The number of hydrogen-bond donors (Lipinski definition) is 3. The second-order valence-corrected chi connectivity index (χ2v) is 7.52. The van der Waals surface area contributed by atoms with E-state index in [1.807, 2.05) is 13.8 Å². The molecule has 2 heterocycles. The number of carbonyl (C=O) groups excluding carboxylic acids is 2. The van der Waals surface area contributed by atoms with Crippen LogP contribution < -0.4 is 16.0 Å². The summed E-state index contributed by atoms with van der Waals surface area (Å²) in [5, 5.41) is 9.46. The van der Waals surface area contributed by atoms with Crippen LogP contribution in [0.1, 0.15) is 49.9 Å². The summed E-state index contributed by atoms with van der Waals surface area (Å²) in [7, 11) is 0. The van der Waals surface area contributed by atoms with Crippen LogP contribution in [0.2, 0.25) is 0 Å². The normalized spacial score (nSPS) is 25.3. The molecular weight excluding hydrogens is 357 g/mol. The maximum absolute atomic E-state index is 13.0. The average molecular weight is 384 g/mol. The van der Waals surface area contributed by atoms with Crippen LogP contribution in [-0.2, 0) is 4.79 Å². The fourth-order valence-electron chi connectivity index (χ4n) is 3.83. The molecule has 2 bridgehead atoms. The van der Waals surface area contributed by atoms with Gasteiger partial charge in [-0.25, -0.2) is 4.39 Å². The lowest BCUT2D eigenvalue weighted by molar-refractivity contribution is -0.124. The molecule has 0 saturated carbocycles. The van der Waals surface area contributed by atoms with Gasteiger partial charge in [-0.15, -0.1) is 12.4 Å². The SMILES string of the molecule is CC(C)C(NC(=O)c1ccc(F)cc1)C(=O)NC1CC2CCC(C1)N2.Cl. The molecule has 2 saturated heterocycles. The number of nitrogens with one attached hydrogen (secondary N) is 3. The van der Waals surface area contributed by atoms with Crippen molar-refractivity contribution >= 4 is 24.2 Å². The molecule has 2 amide bonds. The molecule has 7 heteroatoms. The molecule has 3 rings (SSSR count). The highest BCUT2D eigenvalue weighted by Crippen LogP contribution is 2.26. The van der Waals surface area contributed by atoms with Crippen LogP contribution in [0.5, 0.6) is 0 Å². The van der Waals surface area contributed by atoms with Crippen molar-refractivity contribution in [2.75, 3.05) is 0 Å². The van der Waals surface area contributed by atoms with E-state index >= 15 is 0 Å². The van der Waals surface area contributed by atoms with E-state index in [0.29, 0.717) is 17.6 Å². The van der Waals surface area contributed by atoms with Crippen molar-refractivity contribution in [2.45, 2.75) is 63.7 Å². The van der Waals surface area contributed by atoms with Gasteiger partial charge in [0.05, 0.1) is 0 Å². The maximum atomic E-state index is 13.0. The van der Waals surface area contributed by atoms with Gasteiger partial charge in [-0.3, -0.25) is 9.59 Å². The first-order chi connectivity index (χ1) is 11.9. The Labute approximate surface area is 159 Å². The summed E-state index contributed by atoms with van der Waals surface area (Å²) in [4.78, 5) is 25.1. The van der Waals surface area contributed by atoms with Crippen LogP contribution in [0, 0.1) is 11.7 Å². The summed E-state index contributed by atoms with van der Waals surface area (Å²) >= 11 is 0. The Morgan fingerprint density at radius 3 is 2.23 bits per heavy atom. The minimum atomic E-state index is -0.606. The number of carbonyl (C=O) groups is 2. The minimum absolute atomic E-state index is 0. The third kappa shape index (κ3) is 4.95. The van der Waals surface area contributed by atoms with Crippen molar-refractivity contribution in [1.82, 2.24) is 16.0 Å². The second-order valence-electron chi connectivity index (χ2n) is 7.52. The predicted octanol–water partition coefficient (Wildman–Crippen LogP) is 2.40. The summed E-state index contributed by atoms with van der Waals surface area (Å²) in [6.07, 6.45) is 4.23. The lowest BCUT2D eigenvalue weighted by atomic mass is 9.97. The summed E-state index contributed by atoms with van der Waals surface area (Å²) in [6, 6.07) is 5.87. The number of fused-ring (bicyclic) bond motifs is 2. The second kappa shape index (κ2) is 8.82. The molecule has 1 aromatic rings. The molecule has 0 aromatic heterocycles. The van der Waals surface area contributed by atoms with Crippen LogP contribution in [0.25, 0.3) is 0 Å². The van der Waals surface area contributed by atoms with Crippen molar-refractivity contribution in [3.63, 3.8) is 0 Å². The fourth-order valence-corrected chi connectivity index (χ4v) is 3.83. The number of benzene rings is 1. The first-order valence-electron chi connectivity index (χ1n) is 9.05. The molecule has 0 spiro atoms. The smallest absolute Gasteiger partial charge is 0.251 e. The monoisotopic (exact) mass is 383 g/mol. The van der Waals surface area contributed by atoms with Crippen LogP contribution in [0.4, 0.5) is 4.39 Å². The molecule has 2 aliphatic heterocycles. The van der Waals surface area contributed by atoms with Gasteiger partial charge < -0.3 is 16.0 Å². The summed E-state index contributed by atoms with van der Waals surface area (Å²) in [5.41, 5.74) is 0.347. The molecule has 0 aliphatic carbocycles. The van der Waals surface area contributed by atoms with E-state index in [-0.39, 0.29) is 36.2 Å². The zero-order valence-corrected chi connectivity index (χ0v) is 15.9. The summed E-state index contributed by atoms with van der Waals surface area (Å²) in [5.74, 6) is -0.936. The Kier molecular flexibility index (Phi) is 7.01. The highest BCUT2D eigenvalue weighted by molar-refractivity contribution is 5.97. The van der Waals surface area contributed by atoms with Crippen LogP contribution in [0.15, 0.2) is 24.3 Å². The van der Waals surface area contributed by atoms with E-state index in [0.717, 1.165) is 12.8 Å². The van der Waals surface area contributed by atoms with E-state index in [1.165, 1.54) is 37.1 Å². The molecule has 1 aromatic carbocycles. The third-order valence-electron chi connectivity index (χ3n) is 5.16. The summed E-state index contributed by atoms with van der Waals surface area (Å²) < 4.78 is 13.0. The van der Waals surface area contributed by atoms with Gasteiger partial charge in [0.25, 0.3) is 5.91 Å². The zero-order chi connectivity index (χ0) is 18.0. The lowest BCUT2D eigenvalue weighted by Gasteiger charge is -2.31. The number of piperidine rings is 1. The van der Waals surface area contributed by atoms with E-state index in [2.05, 4.69) is 16.0 Å². The number of hydrogen-bond acceptors (Lipinski definition) is 3. The van der Waals surface area contributed by atoms with Gasteiger partial charge in [0.2, 0.25) is 5.91 Å². The molecule has 144 valence electrons. The number of amides is 2. The highest BCUT2D eigenvalue weighted by atomic mass is 35.5. The third-order valence-corrected chi connectivity index (χ3v) is 5.16. The molecule has 2 fully saturated rings. The summed E-state index contributed by atoms with van der Waals surface area (Å²) in [6.45, 7) is 3.81. The Bertz CT molecular complexity index is 626. The molecule has 5 nitrogen and oxygen atoms in total. The molecular formula is C19H27ClFN3O2. The molecule has 0 radical (unpaired) electrons. The zero-order valence-electron chi connectivity index (χ0n) is 15.1. The topological polar surface area (TPSA) is 70.2 Å². The van der Waals surface area contributed by atoms with Crippen molar-refractivity contribution in [2.24, 2.45) is 5.92 Å². The van der Waals surface area contributed by atoms with Gasteiger partial charge in [0, 0.05) is 23.7 Å². The van der Waals surface area contributed by atoms with E-state index in [9.17, 15) is 14.0 Å². The standard InChI is InChI=1S/C19H26FN3O2.ClH/c1-11(2)17(23-18(24)12-3-5-13(20)6-4-12)19(25)22-16-9-14-7-8-15(10-16)21-14;/h3-6,11,14-17,21H,7-10H2,1-2H3,(H,22,25)(H,23,24);1H. The Hall–Kier alpha value is -1.66. The molecule has 2 aliphatic rings. The van der Waals surface area contributed by atoms with Crippen molar-refractivity contribution in [3.05, 3.63) is 35.6 Å². The van der Waals surface area contributed by atoms with Crippen molar-refractivity contribution in [3.8, 4) is 0 Å². The largest absolute Gasteiger partial charge is 0.351 e. The highest BCUT2D eigenvalue weighted by Gasteiger charge is 2.35. The molecule has 3 N–H and O–H groups in total. The Morgan fingerprint density at radius 2 is 1.69 bits per heavy atom. The van der Waals surface area contributed by atoms with E-state index in [1.54, 1.807) is 0 Å². The van der Waals surface area contributed by atoms with Gasteiger partial charge in [0.15, 0.2) is 0 Å². The Balaban J connectivity index is 0.00000243. The van der Waals surface area contributed by atoms with Gasteiger partial charge in [-0.1, -0.05) is 13.8 Å². The predicted molar refractivity (Wildman–Crippen MR) is 101 cm³/mol. The van der Waals surface area contributed by atoms with Crippen LogP contribution in [-0.4, -0.2) is 36.0 Å². The average Bonchev–Trinajstić information content (AvgIpc) is 2.91. The van der Waals surface area contributed by atoms with Gasteiger partial charge in [-0.05, 0) is 55.9 Å². The van der Waals surface area contributed by atoms with Gasteiger partial charge in [-0.2, -0.15) is 0 Å². The van der Waals surface area contributed by atoms with Crippen molar-refractivity contribution < 1.29 is 14.0 Å².